The molecule has 2 N–H and O–H groups in total. The van der Waals surface area contributed by atoms with E-state index in [1.54, 1.807) is 13.3 Å². The fraction of sp³-hybridized carbons (Fsp3) is 0.357. The average Bonchev–Trinajstić information content (AvgIpc) is 2.75. The summed E-state index contributed by atoms with van der Waals surface area (Å²) in [4.78, 5) is 0. The van der Waals surface area contributed by atoms with Crippen LogP contribution < -0.4 is 10.5 Å². The maximum atomic E-state index is 5.91. The highest BCUT2D eigenvalue weighted by Gasteiger charge is 2.09. The number of ether oxygens (including phenoxy) is 1. The molecule has 4 nitrogen and oxygen atoms in total. The van der Waals surface area contributed by atoms with Crippen LogP contribution in [0.15, 0.2) is 30.5 Å². The number of benzene rings is 1. The molecule has 1 unspecified atom stereocenters. The minimum atomic E-state index is 0.0216. The van der Waals surface area contributed by atoms with Gasteiger partial charge < -0.3 is 10.5 Å². The van der Waals surface area contributed by atoms with E-state index in [1.165, 1.54) is 0 Å². The Labute approximate surface area is 107 Å². The van der Waals surface area contributed by atoms with Gasteiger partial charge in [-0.2, -0.15) is 5.10 Å². The van der Waals surface area contributed by atoms with E-state index in [0.717, 1.165) is 22.6 Å². The SMILES string of the molecule is COc1ccc(C(C)N)cc1Cn1nccc1C. The Morgan fingerprint density at radius 2 is 2.17 bits per heavy atom. The lowest BCUT2D eigenvalue weighted by molar-refractivity contribution is 0.407. The topological polar surface area (TPSA) is 53.1 Å². The molecule has 4 heteroatoms. The molecule has 0 aliphatic heterocycles. The van der Waals surface area contributed by atoms with E-state index in [1.807, 2.05) is 36.7 Å². The van der Waals surface area contributed by atoms with Crippen molar-refractivity contribution in [3.63, 3.8) is 0 Å². The second-order valence-corrected chi connectivity index (χ2v) is 4.49. The third kappa shape index (κ3) is 2.54. The molecule has 0 aliphatic rings. The number of rotatable bonds is 4. The first-order chi connectivity index (χ1) is 8.61. The molecule has 1 aromatic carbocycles. The molecule has 0 spiro atoms. The molecular formula is C14H19N3O. The molecule has 0 aliphatic carbocycles. The highest BCUT2D eigenvalue weighted by atomic mass is 16.5. The maximum Gasteiger partial charge on any atom is 0.123 e. The van der Waals surface area contributed by atoms with Gasteiger partial charge in [0.25, 0.3) is 0 Å². The lowest BCUT2D eigenvalue weighted by atomic mass is 10.0. The summed E-state index contributed by atoms with van der Waals surface area (Å²) in [7, 11) is 1.68. The van der Waals surface area contributed by atoms with Crippen molar-refractivity contribution >= 4 is 0 Å². The summed E-state index contributed by atoms with van der Waals surface area (Å²) in [6.07, 6.45) is 1.80. The minimum Gasteiger partial charge on any atom is -0.496 e. The van der Waals surface area contributed by atoms with Crippen molar-refractivity contribution in [2.24, 2.45) is 5.73 Å². The van der Waals surface area contributed by atoms with E-state index in [4.69, 9.17) is 10.5 Å². The predicted molar refractivity (Wildman–Crippen MR) is 71.7 cm³/mol. The van der Waals surface area contributed by atoms with Gasteiger partial charge in [-0.3, -0.25) is 4.68 Å². The zero-order valence-corrected chi connectivity index (χ0v) is 11.1. The molecule has 0 saturated heterocycles. The van der Waals surface area contributed by atoms with Crippen molar-refractivity contribution in [1.82, 2.24) is 9.78 Å². The molecular weight excluding hydrogens is 226 g/mol. The highest BCUT2D eigenvalue weighted by molar-refractivity contribution is 5.38. The van der Waals surface area contributed by atoms with E-state index in [-0.39, 0.29) is 6.04 Å². The number of aromatic nitrogens is 2. The lowest BCUT2D eigenvalue weighted by Crippen LogP contribution is -2.09. The van der Waals surface area contributed by atoms with Crippen LogP contribution in [0.25, 0.3) is 0 Å². The van der Waals surface area contributed by atoms with Crippen LogP contribution in [-0.4, -0.2) is 16.9 Å². The molecule has 96 valence electrons. The Bertz CT molecular complexity index is 532. The average molecular weight is 245 g/mol. The van der Waals surface area contributed by atoms with Crippen LogP contribution in [-0.2, 0) is 6.54 Å². The van der Waals surface area contributed by atoms with E-state index >= 15 is 0 Å². The van der Waals surface area contributed by atoms with Gasteiger partial charge in [0, 0.05) is 23.5 Å². The van der Waals surface area contributed by atoms with Gasteiger partial charge in [0.2, 0.25) is 0 Å². The van der Waals surface area contributed by atoms with Crippen LogP contribution in [0, 0.1) is 6.92 Å². The second-order valence-electron chi connectivity index (χ2n) is 4.49. The van der Waals surface area contributed by atoms with Crippen molar-refractivity contribution in [3.05, 3.63) is 47.3 Å². The van der Waals surface area contributed by atoms with Crippen LogP contribution >= 0.6 is 0 Å². The number of hydrogen-bond acceptors (Lipinski definition) is 3. The predicted octanol–water partition coefficient (Wildman–Crippen LogP) is 2.27. The van der Waals surface area contributed by atoms with Gasteiger partial charge >= 0.3 is 0 Å². The number of hydrogen-bond donors (Lipinski definition) is 1. The van der Waals surface area contributed by atoms with Gasteiger partial charge in [-0.15, -0.1) is 0 Å². The lowest BCUT2D eigenvalue weighted by Gasteiger charge is -2.13. The van der Waals surface area contributed by atoms with Crippen LogP contribution in [0.1, 0.15) is 29.8 Å². The van der Waals surface area contributed by atoms with Crippen molar-refractivity contribution < 1.29 is 4.74 Å². The summed E-state index contributed by atoms with van der Waals surface area (Å²) < 4.78 is 7.33. The Morgan fingerprint density at radius 1 is 1.39 bits per heavy atom. The molecule has 0 radical (unpaired) electrons. The summed E-state index contributed by atoms with van der Waals surface area (Å²) in [5, 5.41) is 4.29. The van der Waals surface area contributed by atoms with Crippen molar-refractivity contribution in [2.75, 3.05) is 7.11 Å². The van der Waals surface area contributed by atoms with Crippen molar-refractivity contribution in [1.29, 1.82) is 0 Å². The first kappa shape index (κ1) is 12.6. The second kappa shape index (κ2) is 5.23. The first-order valence-corrected chi connectivity index (χ1v) is 6.02. The normalized spacial score (nSPS) is 12.4. The van der Waals surface area contributed by atoms with Crippen LogP contribution in [0.4, 0.5) is 0 Å². The fourth-order valence-electron chi connectivity index (χ4n) is 1.93. The monoisotopic (exact) mass is 245 g/mol. The zero-order valence-electron chi connectivity index (χ0n) is 11.1. The van der Waals surface area contributed by atoms with Gasteiger partial charge in [-0.05, 0) is 37.6 Å². The Morgan fingerprint density at radius 3 is 2.72 bits per heavy atom. The van der Waals surface area contributed by atoms with Crippen LogP contribution in [0.2, 0.25) is 0 Å². The van der Waals surface area contributed by atoms with Gasteiger partial charge in [-0.1, -0.05) is 6.07 Å². The molecule has 1 atom stereocenters. The van der Waals surface area contributed by atoms with E-state index in [0.29, 0.717) is 6.54 Å². The highest BCUT2D eigenvalue weighted by Crippen LogP contribution is 2.23. The van der Waals surface area contributed by atoms with E-state index < -0.39 is 0 Å². The maximum absolute atomic E-state index is 5.91. The summed E-state index contributed by atoms with van der Waals surface area (Å²) in [6.45, 7) is 4.71. The quantitative estimate of drug-likeness (QED) is 0.899. The Kier molecular flexibility index (Phi) is 3.67. The molecule has 2 rings (SSSR count). The van der Waals surface area contributed by atoms with Gasteiger partial charge in [0.15, 0.2) is 0 Å². The molecule has 1 aromatic heterocycles. The van der Waals surface area contributed by atoms with Gasteiger partial charge in [0.05, 0.1) is 13.7 Å². The molecule has 0 bridgehead atoms. The van der Waals surface area contributed by atoms with E-state index in [2.05, 4.69) is 11.2 Å². The summed E-state index contributed by atoms with van der Waals surface area (Å²) in [6, 6.07) is 8.07. The molecule has 0 fully saturated rings. The van der Waals surface area contributed by atoms with Gasteiger partial charge in [0.1, 0.15) is 5.75 Å². The number of nitrogens with two attached hydrogens (primary N) is 1. The van der Waals surface area contributed by atoms with Crippen molar-refractivity contribution in [3.8, 4) is 5.75 Å². The largest absolute Gasteiger partial charge is 0.496 e. The summed E-state index contributed by atoms with van der Waals surface area (Å²) in [5.41, 5.74) is 9.25. The zero-order chi connectivity index (χ0) is 13.1. The molecule has 0 amide bonds. The van der Waals surface area contributed by atoms with Crippen LogP contribution in [0.5, 0.6) is 5.75 Å². The van der Waals surface area contributed by atoms with E-state index in [9.17, 15) is 0 Å². The molecule has 0 saturated carbocycles. The number of nitrogens with zero attached hydrogens (tertiary/aromatic N) is 2. The first-order valence-electron chi connectivity index (χ1n) is 6.02. The van der Waals surface area contributed by atoms with Crippen molar-refractivity contribution in [2.45, 2.75) is 26.4 Å². The Hall–Kier alpha value is -1.81. The summed E-state index contributed by atoms with van der Waals surface area (Å²) in [5.74, 6) is 0.870. The number of aryl methyl sites for hydroxylation is 1. The molecule has 2 aromatic rings. The third-order valence-corrected chi connectivity index (χ3v) is 3.08. The standard InChI is InChI=1S/C14H19N3O/c1-10-6-7-16-17(10)9-13-8-12(11(2)15)4-5-14(13)18-3/h4-8,11H,9,15H2,1-3H3. The Balaban J connectivity index is 2.35. The number of methoxy groups -OCH3 is 1. The fourth-order valence-corrected chi connectivity index (χ4v) is 1.93. The smallest absolute Gasteiger partial charge is 0.123 e. The molecule has 18 heavy (non-hydrogen) atoms. The third-order valence-electron chi connectivity index (χ3n) is 3.08. The van der Waals surface area contributed by atoms with Gasteiger partial charge in [-0.25, -0.2) is 0 Å². The van der Waals surface area contributed by atoms with Crippen LogP contribution in [0.3, 0.4) is 0 Å². The summed E-state index contributed by atoms with van der Waals surface area (Å²) >= 11 is 0. The molecule has 1 heterocycles. The minimum absolute atomic E-state index is 0.0216.